The molecule has 0 unspecified atom stereocenters. The summed E-state index contributed by atoms with van der Waals surface area (Å²) in [6.45, 7) is 0. The average Bonchev–Trinajstić information content (AvgIpc) is 2.27. The Morgan fingerprint density at radius 3 is 2.25 bits per heavy atom. The lowest BCUT2D eigenvalue weighted by Crippen LogP contribution is -2.10. The Balaban J connectivity index is 2.59. The quantitative estimate of drug-likeness (QED) is 0.467. The summed E-state index contributed by atoms with van der Waals surface area (Å²) in [7, 11) is 0. The highest BCUT2D eigenvalue weighted by molar-refractivity contribution is 6.01. The minimum Gasteiger partial charge on any atom is -0.478 e. The maximum Gasteiger partial charge on any atom is 0.346 e. The molecule has 1 N–H and O–H groups in total. The lowest BCUT2D eigenvalue weighted by molar-refractivity contribution is -0.134. The van der Waals surface area contributed by atoms with E-state index in [1.165, 1.54) is 12.1 Å². The number of ether oxygens (including phenoxy) is 1. The van der Waals surface area contributed by atoms with Crippen molar-refractivity contribution < 1.29 is 24.2 Å². The van der Waals surface area contributed by atoms with Crippen molar-refractivity contribution in [2.45, 2.75) is 0 Å². The van der Waals surface area contributed by atoms with Gasteiger partial charge in [0.05, 0.1) is 5.56 Å². The summed E-state index contributed by atoms with van der Waals surface area (Å²) in [4.78, 5) is 32.3. The van der Waals surface area contributed by atoms with Crippen molar-refractivity contribution in [2.24, 2.45) is 0 Å². The predicted octanol–water partition coefficient (Wildman–Crippen LogP) is 1.01. The predicted molar refractivity (Wildman–Crippen MR) is 53.6 cm³/mol. The van der Waals surface area contributed by atoms with Crippen molar-refractivity contribution in [1.82, 2.24) is 0 Å². The molecule has 5 nitrogen and oxygen atoms in total. The van der Waals surface area contributed by atoms with Crippen molar-refractivity contribution in [3.05, 3.63) is 48.0 Å². The van der Waals surface area contributed by atoms with E-state index in [9.17, 15) is 14.4 Å². The number of carbonyl (C=O) groups is 3. The third kappa shape index (κ3) is 3.75. The smallest absolute Gasteiger partial charge is 0.346 e. The van der Waals surface area contributed by atoms with Crippen LogP contribution in [0.15, 0.2) is 42.5 Å². The van der Waals surface area contributed by atoms with Crippen LogP contribution in [0.2, 0.25) is 0 Å². The van der Waals surface area contributed by atoms with E-state index in [1.54, 1.807) is 18.2 Å². The molecule has 0 aliphatic rings. The second-order valence-corrected chi connectivity index (χ2v) is 2.75. The third-order valence-corrected chi connectivity index (χ3v) is 1.56. The molecule has 0 atom stereocenters. The molecule has 1 aromatic rings. The molecule has 1 aromatic carbocycles. The Bertz CT molecular complexity index is 433. The molecule has 1 rings (SSSR count). The molecule has 0 spiro atoms. The molecule has 0 fully saturated rings. The second-order valence-electron chi connectivity index (χ2n) is 2.75. The first kappa shape index (κ1) is 11.6. The molecule has 0 amide bonds. The number of carboxylic acids is 1. The Kier molecular flexibility index (Phi) is 3.97. The van der Waals surface area contributed by atoms with Gasteiger partial charge in [0, 0.05) is 12.2 Å². The molecule has 0 aliphatic carbocycles. The Labute approximate surface area is 91.0 Å². The van der Waals surface area contributed by atoms with Crippen molar-refractivity contribution in [3.63, 3.8) is 0 Å². The summed E-state index contributed by atoms with van der Waals surface area (Å²) in [5, 5.41) is 8.23. The fraction of sp³-hybridized carbons (Fsp3) is 0. The van der Waals surface area contributed by atoms with Crippen LogP contribution >= 0.6 is 0 Å². The van der Waals surface area contributed by atoms with Gasteiger partial charge in [-0.1, -0.05) is 18.2 Å². The number of benzene rings is 1. The summed E-state index contributed by atoms with van der Waals surface area (Å²) in [5.41, 5.74) is 0.222. The van der Waals surface area contributed by atoms with Gasteiger partial charge in [0.1, 0.15) is 0 Å². The van der Waals surface area contributed by atoms with Gasteiger partial charge in [0.15, 0.2) is 0 Å². The zero-order valence-electron chi connectivity index (χ0n) is 8.12. The van der Waals surface area contributed by atoms with Crippen LogP contribution in [0.3, 0.4) is 0 Å². The fourth-order valence-electron chi connectivity index (χ4n) is 0.898. The number of carboxylic acid groups (broad SMARTS) is 1. The third-order valence-electron chi connectivity index (χ3n) is 1.56. The van der Waals surface area contributed by atoms with Crippen LogP contribution in [0.5, 0.6) is 0 Å². The normalized spacial score (nSPS) is 10.0. The van der Waals surface area contributed by atoms with Gasteiger partial charge in [-0.25, -0.2) is 14.4 Å². The van der Waals surface area contributed by atoms with Crippen molar-refractivity contribution in [3.8, 4) is 0 Å². The molecule has 0 heterocycles. The Morgan fingerprint density at radius 2 is 1.69 bits per heavy atom. The molecule has 16 heavy (non-hydrogen) atoms. The van der Waals surface area contributed by atoms with Crippen LogP contribution in [0.1, 0.15) is 10.4 Å². The Hall–Kier alpha value is -2.43. The van der Waals surface area contributed by atoms with Gasteiger partial charge in [0.2, 0.25) is 0 Å². The lowest BCUT2D eigenvalue weighted by atomic mass is 10.2. The fourth-order valence-corrected chi connectivity index (χ4v) is 0.898. The molecule has 0 aliphatic heterocycles. The van der Waals surface area contributed by atoms with E-state index < -0.39 is 17.9 Å². The molecule has 0 radical (unpaired) electrons. The first-order valence-electron chi connectivity index (χ1n) is 4.32. The molecular weight excluding hydrogens is 212 g/mol. The Morgan fingerprint density at radius 1 is 1.06 bits per heavy atom. The number of hydrogen-bond acceptors (Lipinski definition) is 4. The maximum absolute atomic E-state index is 11.3. The van der Waals surface area contributed by atoms with Crippen LogP contribution in [0.25, 0.3) is 0 Å². The summed E-state index contributed by atoms with van der Waals surface area (Å²) < 4.78 is 4.36. The maximum atomic E-state index is 11.3. The van der Waals surface area contributed by atoms with Crippen LogP contribution in [-0.2, 0) is 14.3 Å². The van der Waals surface area contributed by atoms with E-state index >= 15 is 0 Å². The first-order chi connectivity index (χ1) is 7.59. The second kappa shape index (κ2) is 5.45. The summed E-state index contributed by atoms with van der Waals surface area (Å²) in [6.07, 6.45) is 1.27. The average molecular weight is 220 g/mol. The van der Waals surface area contributed by atoms with Gasteiger partial charge in [-0.3, -0.25) is 0 Å². The number of rotatable bonds is 3. The number of esters is 2. The van der Waals surface area contributed by atoms with E-state index in [1.807, 2.05) is 0 Å². The highest BCUT2D eigenvalue weighted by Gasteiger charge is 2.09. The van der Waals surface area contributed by atoms with Crippen LogP contribution in [0, 0.1) is 0 Å². The lowest BCUT2D eigenvalue weighted by Gasteiger charge is -1.98. The van der Waals surface area contributed by atoms with E-state index in [0.29, 0.717) is 12.2 Å². The molecule has 0 saturated carbocycles. The molecule has 0 aromatic heterocycles. The van der Waals surface area contributed by atoms with E-state index in [0.717, 1.165) is 0 Å². The number of carbonyl (C=O) groups excluding carboxylic acids is 2. The standard InChI is InChI=1S/C11H8O5/c12-9(13)6-7-10(14)16-11(15)8-4-2-1-3-5-8/h1-7H,(H,12,13)/b7-6-. The van der Waals surface area contributed by atoms with Crippen LogP contribution in [0.4, 0.5) is 0 Å². The minimum absolute atomic E-state index is 0.222. The highest BCUT2D eigenvalue weighted by atomic mass is 16.6. The van der Waals surface area contributed by atoms with Crippen LogP contribution in [-0.4, -0.2) is 23.0 Å². The summed E-state index contributed by atoms with van der Waals surface area (Å²) in [6, 6.07) is 7.91. The molecular formula is C11H8O5. The molecule has 0 saturated heterocycles. The SMILES string of the molecule is O=C(O)/C=C\C(=O)OC(=O)c1ccccc1. The summed E-state index contributed by atoms with van der Waals surface area (Å²) in [5.74, 6) is -3.12. The van der Waals surface area contributed by atoms with E-state index in [4.69, 9.17) is 5.11 Å². The van der Waals surface area contributed by atoms with E-state index in [2.05, 4.69) is 4.74 Å². The van der Waals surface area contributed by atoms with Crippen molar-refractivity contribution in [1.29, 1.82) is 0 Å². The number of aliphatic carboxylic acids is 1. The van der Waals surface area contributed by atoms with Gasteiger partial charge in [-0.2, -0.15) is 0 Å². The van der Waals surface area contributed by atoms with Gasteiger partial charge in [-0.15, -0.1) is 0 Å². The zero-order chi connectivity index (χ0) is 12.0. The monoisotopic (exact) mass is 220 g/mol. The van der Waals surface area contributed by atoms with E-state index in [-0.39, 0.29) is 5.56 Å². The zero-order valence-corrected chi connectivity index (χ0v) is 8.12. The van der Waals surface area contributed by atoms with Crippen molar-refractivity contribution >= 4 is 17.9 Å². The largest absolute Gasteiger partial charge is 0.478 e. The van der Waals surface area contributed by atoms with Gasteiger partial charge in [0.25, 0.3) is 0 Å². The van der Waals surface area contributed by atoms with Crippen molar-refractivity contribution in [2.75, 3.05) is 0 Å². The topological polar surface area (TPSA) is 80.7 Å². The highest BCUT2D eigenvalue weighted by Crippen LogP contribution is 2.01. The molecule has 82 valence electrons. The van der Waals surface area contributed by atoms with Crippen LogP contribution < -0.4 is 0 Å². The molecule has 0 bridgehead atoms. The molecule has 5 heteroatoms. The summed E-state index contributed by atoms with van der Waals surface area (Å²) >= 11 is 0. The van der Waals surface area contributed by atoms with Gasteiger partial charge >= 0.3 is 17.9 Å². The van der Waals surface area contributed by atoms with Gasteiger partial charge < -0.3 is 9.84 Å². The first-order valence-corrected chi connectivity index (χ1v) is 4.32. The minimum atomic E-state index is -1.29. The van der Waals surface area contributed by atoms with Gasteiger partial charge in [-0.05, 0) is 12.1 Å². The number of hydrogen-bond donors (Lipinski definition) is 1.